The smallest absolute Gasteiger partial charge is 0.334 e. The molecule has 0 aliphatic carbocycles. The number of carboxylic acid groups (broad SMARTS) is 1. The Hall–Kier alpha value is -2.65. The van der Waals surface area contributed by atoms with Crippen molar-refractivity contribution >= 4 is 23.5 Å². The topological polar surface area (TPSA) is 138 Å². The maximum absolute atomic E-state index is 12.0. The molecule has 23 heavy (non-hydrogen) atoms. The number of nitrogens with zero attached hydrogens (tertiary/aromatic N) is 3. The van der Waals surface area contributed by atoms with Crippen LogP contribution in [0.25, 0.3) is 0 Å². The van der Waals surface area contributed by atoms with Gasteiger partial charge < -0.3 is 20.7 Å². The Labute approximate surface area is 135 Å². The highest BCUT2D eigenvalue weighted by molar-refractivity contribution is 6.31. The predicted molar refractivity (Wildman–Crippen MR) is 77.3 cm³/mol. The molecular formula is C13H13ClN4O5. The summed E-state index contributed by atoms with van der Waals surface area (Å²) in [6.07, 6.45) is -0.916. The van der Waals surface area contributed by atoms with Crippen LogP contribution in [0.5, 0.6) is 0 Å². The van der Waals surface area contributed by atoms with Crippen molar-refractivity contribution in [2.24, 2.45) is 0 Å². The number of carbonyl (C=O) groups excluding carboxylic acids is 1. The van der Waals surface area contributed by atoms with E-state index in [2.05, 4.69) is 15.6 Å². The van der Waals surface area contributed by atoms with E-state index in [4.69, 9.17) is 21.9 Å². The molecule has 2 aromatic rings. The van der Waals surface area contributed by atoms with Gasteiger partial charge in [-0.05, 0) is 23.3 Å². The number of amides is 1. The normalized spacial score (nSPS) is 13.3. The third-order valence-corrected chi connectivity index (χ3v) is 3.43. The Balaban J connectivity index is 2.19. The number of aliphatic carboxylic acids is 1. The number of hydrogen-bond donors (Lipinski definition) is 4. The van der Waals surface area contributed by atoms with E-state index in [-0.39, 0.29) is 12.1 Å². The van der Waals surface area contributed by atoms with Crippen LogP contribution in [0.1, 0.15) is 16.1 Å². The molecule has 0 spiro atoms. The van der Waals surface area contributed by atoms with Gasteiger partial charge in [0.15, 0.2) is 11.8 Å². The van der Waals surface area contributed by atoms with E-state index in [1.54, 1.807) is 24.3 Å². The van der Waals surface area contributed by atoms with Gasteiger partial charge in [0.1, 0.15) is 0 Å². The Morgan fingerprint density at radius 1 is 1.35 bits per heavy atom. The SMILES string of the molecule is O=C(N[C@H](Cc1ccccc1Cl)[C@@H](O)C(=O)O)c1cn(O)nn1. The van der Waals surface area contributed by atoms with Gasteiger partial charge in [-0.3, -0.25) is 4.79 Å². The van der Waals surface area contributed by atoms with Crippen LogP contribution in [0.4, 0.5) is 0 Å². The number of aromatic nitrogens is 3. The summed E-state index contributed by atoms with van der Waals surface area (Å²) in [7, 11) is 0. The molecule has 0 aliphatic heterocycles. The first-order chi connectivity index (χ1) is 10.9. The van der Waals surface area contributed by atoms with E-state index in [9.17, 15) is 14.7 Å². The summed E-state index contributed by atoms with van der Waals surface area (Å²) in [4.78, 5) is 23.4. The first kappa shape index (κ1) is 16.7. The number of aliphatic hydroxyl groups excluding tert-OH is 1. The van der Waals surface area contributed by atoms with Crippen molar-refractivity contribution < 1.29 is 25.0 Å². The molecule has 4 N–H and O–H groups in total. The van der Waals surface area contributed by atoms with E-state index in [1.807, 2.05) is 0 Å². The maximum Gasteiger partial charge on any atom is 0.334 e. The van der Waals surface area contributed by atoms with Gasteiger partial charge in [0.2, 0.25) is 0 Å². The Morgan fingerprint density at radius 2 is 2.04 bits per heavy atom. The van der Waals surface area contributed by atoms with E-state index in [0.717, 1.165) is 6.20 Å². The van der Waals surface area contributed by atoms with Crippen LogP contribution in [-0.2, 0) is 11.2 Å². The second-order valence-electron chi connectivity index (χ2n) is 4.68. The first-order valence-electron chi connectivity index (χ1n) is 6.45. The van der Waals surface area contributed by atoms with Crippen LogP contribution >= 0.6 is 11.6 Å². The minimum absolute atomic E-state index is 0.00780. The molecule has 1 aromatic heterocycles. The third-order valence-electron chi connectivity index (χ3n) is 3.06. The van der Waals surface area contributed by atoms with E-state index < -0.39 is 24.0 Å². The standard InChI is InChI=1S/C13H13ClN4O5/c14-8-4-2-1-3-7(8)5-9(11(19)13(21)22)15-12(20)10-6-18(23)17-16-10/h1-4,6,9,11,19,23H,5H2,(H,15,20)(H,21,22)/t9-,11-/m1/s1. The average molecular weight is 341 g/mol. The minimum Gasteiger partial charge on any atom is -0.479 e. The van der Waals surface area contributed by atoms with Crippen molar-refractivity contribution in [2.45, 2.75) is 18.6 Å². The summed E-state index contributed by atoms with van der Waals surface area (Å²) in [6, 6.07) is 5.51. The molecule has 122 valence electrons. The largest absolute Gasteiger partial charge is 0.479 e. The summed E-state index contributed by atoms with van der Waals surface area (Å²) >= 11 is 6.01. The number of nitrogens with one attached hydrogen (secondary N) is 1. The highest BCUT2D eigenvalue weighted by atomic mass is 35.5. The highest BCUT2D eigenvalue weighted by Gasteiger charge is 2.29. The molecule has 2 rings (SSSR count). The van der Waals surface area contributed by atoms with E-state index in [1.165, 1.54) is 0 Å². The molecule has 2 atom stereocenters. The fraction of sp³-hybridized carbons (Fsp3) is 0.231. The van der Waals surface area contributed by atoms with Crippen LogP contribution in [0, 0.1) is 0 Å². The van der Waals surface area contributed by atoms with Gasteiger partial charge in [0, 0.05) is 5.02 Å². The lowest BCUT2D eigenvalue weighted by Crippen LogP contribution is -2.48. The van der Waals surface area contributed by atoms with Gasteiger partial charge in [0.25, 0.3) is 5.91 Å². The number of halogens is 1. The van der Waals surface area contributed by atoms with Crippen molar-refractivity contribution in [2.75, 3.05) is 0 Å². The maximum atomic E-state index is 12.0. The second-order valence-corrected chi connectivity index (χ2v) is 5.09. The Bertz CT molecular complexity index is 720. The van der Waals surface area contributed by atoms with Gasteiger partial charge >= 0.3 is 5.97 Å². The van der Waals surface area contributed by atoms with E-state index in [0.29, 0.717) is 15.4 Å². The quantitative estimate of drug-likeness (QED) is 0.541. The first-order valence-corrected chi connectivity index (χ1v) is 6.83. The van der Waals surface area contributed by atoms with Gasteiger partial charge in [0.05, 0.1) is 12.2 Å². The van der Waals surface area contributed by atoms with Gasteiger partial charge in [-0.15, -0.1) is 5.10 Å². The monoisotopic (exact) mass is 340 g/mol. The fourth-order valence-corrected chi connectivity index (χ4v) is 2.13. The lowest BCUT2D eigenvalue weighted by molar-refractivity contribution is -0.148. The number of hydrogen-bond acceptors (Lipinski definition) is 6. The highest BCUT2D eigenvalue weighted by Crippen LogP contribution is 2.18. The number of carbonyl (C=O) groups is 2. The third kappa shape index (κ3) is 4.18. The van der Waals surface area contributed by atoms with Crippen molar-refractivity contribution in [1.29, 1.82) is 0 Å². The molecule has 1 aromatic carbocycles. The van der Waals surface area contributed by atoms with Crippen LogP contribution < -0.4 is 5.32 Å². The molecule has 0 aliphatic rings. The van der Waals surface area contributed by atoms with Gasteiger partial charge in [-0.1, -0.05) is 34.6 Å². The number of benzene rings is 1. The molecule has 1 amide bonds. The lowest BCUT2D eigenvalue weighted by atomic mass is 10.0. The molecule has 1 heterocycles. The second kappa shape index (κ2) is 7.07. The lowest BCUT2D eigenvalue weighted by Gasteiger charge is -2.21. The zero-order valence-corrected chi connectivity index (χ0v) is 12.4. The summed E-state index contributed by atoms with van der Waals surface area (Å²) in [5.74, 6) is -2.28. The summed E-state index contributed by atoms with van der Waals surface area (Å²) in [6.45, 7) is 0. The fourth-order valence-electron chi connectivity index (χ4n) is 1.92. The van der Waals surface area contributed by atoms with Crippen LogP contribution in [0.15, 0.2) is 30.5 Å². The van der Waals surface area contributed by atoms with Crippen molar-refractivity contribution in [1.82, 2.24) is 20.5 Å². The van der Waals surface area contributed by atoms with Gasteiger partial charge in [-0.25, -0.2) is 4.79 Å². The molecule has 0 unspecified atom stereocenters. The predicted octanol–water partition coefficient (Wildman–Crippen LogP) is -0.0446. The molecule has 0 radical (unpaired) electrons. The van der Waals surface area contributed by atoms with Crippen LogP contribution in [0.2, 0.25) is 5.02 Å². The zero-order chi connectivity index (χ0) is 17.0. The average Bonchev–Trinajstić information content (AvgIpc) is 2.94. The molecule has 0 fully saturated rings. The summed E-state index contributed by atoms with van der Waals surface area (Å²) in [5.41, 5.74) is 0.333. The molecular weight excluding hydrogens is 328 g/mol. The van der Waals surface area contributed by atoms with Crippen LogP contribution in [-0.4, -0.2) is 54.6 Å². The molecule has 10 heteroatoms. The minimum atomic E-state index is -1.85. The Morgan fingerprint density at radius 3 is 2.61 bits per heavy atom. The van der Waals surface area contributed by atoms with Crippen molar-refractivity contribution in [3.63, 3.8) is 0 Å². The molecule has 0 saturated heterocycles. The molecule has 0 bridgehead atoms. The van der Waals surface area contributed by atoms with Crippen molar-refractivity contribution in [3.8, 4) is 0 Å². The number of aliphatic hydroxyl groups is 1. The van der Waals surface area contributed by atoms with Crippen LogP contribution in [0.3, 0.4) is 0 Å². The number of rotatable bonds is 6. The summed E-state index contributed by atoms with van der Waals surface area (Å²) in [5, 5.41) is 37.1. The summed E-state index contributed by atoms with van der Waals surface area (Å²) < 4.78 is 0. The molecule has 0 saturated carbocycles. The van der Waals surface area contributed by atoms with Crippen molar-refractivity contribution in [3.05, 3.63) is 46.7 Å². The van der Waals surface area contributed by atoms with E-state index >= 15 is 0 Å². The van der Waals surface area contributed by atoms with Gasteiger partial charge in [-0.2, -0.15) is 0 Å². The zero-order valence-electron chi connectivity index (χ0n) is 11.6. The Kier molecular flexibility index (Phi) is 5.14. The molecule has 9 nitrogen and oxygen atoms in total. The number of carboxylic acids is 1.